The largest absolute Gasteiger partial charge is 0.393 e. The van der Waals surface area contributed by atoms with Gasteiger partial charge in [-0.3, -0.25) is 4.90 Å². The van der Waals surface area contributed by atoms with Crippen molar-refractivity contribution >= 4 is 10.9 Å². The fraction of sp³-hybridized carbons (Fsp3) is 0.467. The number of hydrogen-bond acceptors (Lipinski definition) is 2. The predicted octanol–water partition coefficient (Wildman–Crippen LogP) is 2.22. The zero-order valence-electron chi connectivity index (χ0n) is 10.4. The van der Waals surface area contributed by atoms with Gasteiger partial charge in [0.2, 0.25) is 0 Å². The van der Waals surface area contributed by atoms with E-state index in [1.807, 2.05) is 0 Å². The van der Waals surface area contributed by atoms with E-state index < -0.39 is 0 Å². The fourth-order valence-corrected chi connectivity index (χ4v) is 3.59. The van der Waals surface area contributed by atoms with Crippen LogP contribution in [0, 0.1) is 0 Å². The van der Waals surface area contributed by atoms with Gasteiger partial charge >= 0.3 is 0 Å². The Morgan fingerprint density at radius 1 is 1.22 bits per heavy atom. The van der Waals surface area contributed by atoms with E-state index in [1.165, 1.54) is 22.2 Å². The average molecular weight is 242 g/mol. The topological polar surface area (TPSA) is 39.3 Å². The molecule has 0 saturated carbocycles. The van der Waals surface area contributed by atoms with E-state index in [4.69, 9.17) is 0 Å². The third-order valence-electron chi connectivity index (χ3n) is 4.51. The number of aliphatic hydroxyl groups excluding tert-OH is 1. The van der Waals surface area contributed by atoms with Crippen LogP contribution in [0.4, 0.5) is 0 Å². The monoisotopic (exact) mass is 242 g/mol. The fourth-order valence-electron chi connectivity index (χ4n) is 3.59. The van der Waals surface area contributed by atoms with Gasteiger partial charge in [-0.2, -0.15) is 0 Å². The Morgan fingerprint density at radius 3 is 3.06 bits per heavy atom. The number of para-hydroxylation sites is 1. The van der Waals surface area contributed by atoms with Gasteiger partial charge in [-0.25, -0.2) is 0 Å². The Kier molecular flexibility index (Phi) is 2.26. The number of nitrogens with one attached hydrogen (secondary N) is 1. The van der Waals surface area contributed by atoms with Crippen molar-refractivity contribution in [2.75, 3.05) is 13.1 Å². The first kappa shape index (κ1) is 10.6. The Hall–Kier alpha value is -1.32. The van der Waals surface area contributed by atoms with Gasteiger partial charge in [0.1, 0.15) is 0 Å². The van der Waals surface area contributed by atoms with Gasteiger partial charge < -0.3 is 10.1 Å². The van der Waals surface area contributed by atoms with Crippen molar-refractivity contribution in [1.82, 2.24) is 9.88 Å². The van der Waals surface area contributed by atoms with E-state index in [0.717, 1.165) is 32.4 Å². The maximum absolute atomic E-state index is 9.91. The van der Waals surface area contributed by atoms with Crippen LogP contribution in [0.5, 0.6) is 0 Å². The smallest absolute Gasteiger partial charge is 0.0571 e. The minimum Gasteiger partial charge on any atom is -0.393 e. The highest BCUT2D eigenvalue weighted by molar-refractivity contribution is 5.85. The molecule has 3 heteroatoms. The number of nitrogens with zero attached hydrogens (tertiary/aromatic N) is 1. The van der Waals surface area contributed by atoms with Crippen molar-refractivity contribution in [3.05, 3.63) is 35.5 Å². The first-order valence-corrected chi connectivity index (χ1v) is 6.84. The highest BCUT2D eigenvalue weighted by Gasteiger charge is 2.34. The van der Waals surface area contributed by atoms with Crippen molar-refractivity contribution < 1.29 is 5.11 Å². The first-order chi connectivity index (χ1) is 8.83. The molecule has 2 aliphatic rings. The van der Waals surface area contributed by atoms with E-state index in [0.29, 0.717) is 6.04 Å². The summed E-state index contributed by atoms with van der Waals surface area (Å²) in [6.07, 6.45) is 2.79. The maximum Gasteiger partial charge on any atom is 0.0571 e. The Balaban J connectivity index is 1.86. The van der Waals surface area contributed by atoms with Crippen LogP contribution in [0.3, 0.4) is 0 Å². The summed E-state index contributed by atoms with van der Waals surface area (Å²) in [4.78, 5) is 6.10. The number of piperidine rings is 1. The van der Waals surface area contributed by atoms with Gasteiger partial charge in [-0.1, -0.05) is 18.2 Å². The number of aromatic amines is 1. The second kappa shape index (κ2) is 3.84. The van der Waals surface area contributed by atoms with E-state index in [-0.39, 0.29) is 6.10 Å². The lowest BCUT2D eigenvalue weighted by Crippen LogP contribution is -2.42. The summed E-state index contributed by atoms with van der Waals surface area (Å²) >= 11 is 0. The standard InChI is InChI=1S/C15H18N2O/c18-10-5-7-17-8-6-12-11-3-1-2-4-13(11)16-15(12)14(17)9-10/h1-4,10,14,16,18H,5-9H2. The first-order valence-electron chi connectivity index (χ1n) is 6.84. The average Bonchev–Trinajstić information content (AvgIpc) is 2.78. The van der Waals surface area contributed by atoms with E-state index in [9.17, 15) is 5.11 Å². The molecule has 0 radical (unpaired) electrons. The van der Waals surface area contributed by atoms with Crippen molar-refractivity contribution in [2.24, 2.45) is 0 Å². The molecular weight excluding hydrogens is 224 g/mol. The SMILES string of the molecule is OC1CCN2CCc3c([nH]c4ccccc34)C2C1. The molecule has 1 saturated heterocycles. The Labute approximate surface area is 106 Å². The van der Waals surface area contributed by atoms with Gasteiger partial charge in [-0.05, 0) is 30.9 Å². The molecule has 2 atom stereocenters. The third kappa shape index (κ3) is 1.44. The van der Waals surface area contributed by atoms with Gasteiger partial charge in [0.05, 0.1) is 12.1 Å². The molecule has 18 heavy (non-hydrogen) atoms. The van der Waals surface area contributed by atoms with Crippen molar-refractivity contribution in [2.45, 2.75) is 31.4 Å². The van der Waals surface area contributed by atoms with Crippen LogP contribution >= 0.6 is 0 Å². The molecule has 0 amide bonds. The molecule has 4 rings (SSSR count). The molecule has 3 heterocycles. The molecule has 2 aliphatic heterocycles. The highest BCUT2D eigenvalue weighted by Crippen LogP contribution is 2.39. The summed E-state index contributed by atoms with van der Waals surface area (Å²) in [5, 5.41) is 11.3. The van der Waals surface area contributed by atoms with Crippen molar-refractivity contribution in [3.8, 4) is 0 Å². The lowest BCUT2D eigenvalue weighted by Gasteiger charge is -2.40. The minimum absolute atomic E-state index is 0.136. The number of rotatable bonds is 0. The van der Waals surface area contributed by atoms with Crippen LogP contribution in [0.1, 0.15) is 30.1 Å². The van der Waals surface area contributed by atoms with Gasteiger partial charge in [0.15, 0.2) is 0 Å². The summed E-state index contributed by atoms with van der Waals surface area (Å²) in [5.41, 5.74) is 4.06. The molecule has 3 nitrogen and oxygen atoms in total. The summed E-state index contributed by atoms with van der Waals surface area (Å²) in [6, 6.07) is 8.94. The van der Waals surface area contributed by atoms with E-state index >= 15 is 0 Å². The molecule has 94 valence electrons. The number of aliphatic hydroxyl groups is 1. The zero-order valence-corrected chi connectivity index (χ0v) is 10.4. The van der Waals surface area contributed by atoms with Crippen molar-refractivity contribution in [3.63, 3.8) is 0 Å². The number of hydrogen-bond donors (Lipinski definition) is 2. The van der Waals surface area contributed by atoms with Crippen LogP contribution in [-0.4, -0.2) is 34.2 Å². The number of benzene rings is 1. The van der Waals surface area contributed by atoms with E-state index in [1.54, 1.807) is 0 Å². The lowest BCUT2D eigenvalue weighted by molar-refractivity contribution is 0.0348. The zero-order chi connectivity index (χ0) is 12.1. The van der Waals surface area contributed by atoms with Crippen LogP contribution in [0.15, 0.2) is 24.3 Å². The maximum atomic E-state index is 9.91. The lowest BCUT2D eigenvalue weighted by atomic mass is 9.89. The quantitative estimate of drug-likeness (QED) is 0.743. The minimum atomic E-state index is -0.136. The van der Waals surface area contributed by atoms with Crippen molar-refractivity contribution in [1.29, 1.82) is 0 Å². The van der Waals surface area contributed by atoms with Gasteiger partial charge in [-0.15, -0.1) is 0 Å². The van der Waals surface area contributed by atoms with E-state index in [2.05, 4.69) is 34.1 Å². The van der Waals surface area contributed by atoms with Crippen LogP contribution in [0.2, 0.25) is 0 Å². The second-order valence-corrected chi connectivity index (χ2v) is 5.54. The number of aromatic nitrogens is 1. The number of H-pyrrole nitrogens is 1. The molecule has 2 unspecified atom stereocenters. The molecule has 1 aromatic carbocycles. The molecule has 0 bridgehead atoms. The van der Waals surface area contributed by atoms with Crippen LogP contribution < -0.4 is 0 Å². The molecule has 0 aliphatic carbocycles. The van der Waals surface area contributed by atoms with Gasteiger partial charge in [0.25, 0.3) is 0 Å². The molecule has 0 spiro atoms. The Morgan fingerprint density at radius 2 is 2.11 bits per heavy atom. The molecule has 1 fully saturated rings. The summed E-state index contributed by atoms with van der Waals surface area (Å²) in [6.45, 7) is 2.16. The second-order valence-electron chi connectivity index (χ2n) is 5.54. The molecular formula is C15H18N2O. The molecule has 2 N–H and O–H groups in total. The van der Waals surface area contributed by atoms with Crippen LogP contribution in [-0.2, 0) is 6.42 Å². The third-order valence-corrected chi connectivity index (χ3v) is 4.51. The molecule has 1 aromatic heterocycles. The highest BCUT2D eigenvalue weighted by atomic mass is 16.3. The normalized spacial score (nSPS) is 28.1. The summed E-state index contributed by atoms with van der Waals surface area (Å²) in [7, 11) is 0. The number of fused-ring (bicyclic) bond motifs is 5. The Bertz CT molecular complexity index is 589. The summed E-state index contributed by atoms with van der Waals surface area (Å²) in [5.74, 6) is 0. The predicted molar refractivity (Wildman–Crippen MR) is 71.6 cm³/mol. The molecule has 2 aromatic rings. The van der Waals surface area contributed by atoms with Gasteiger partial charge in [0, 0.05) is 29.7 Å². The summed E-state index contributed by atoms with van der Waals surface area (Å²) < 4.78 is 0. The van der Waals surface area contributed by atoms with Crippen LogP contribution in [0.25, 0.3) is 10.9 Å².